The number of hydrogen-bond donors (Lipinski definition) is 8. The van der Waals surface area contributed by atoms with Crippen molar-refractivity contribution in [2.75, 3.05) is 13.2 Å². The average Bonchev–Trinajstić information content (AvgIpc) is 3.25. The van der Waals surface area contributed by atoms with Crippen LogP contribution < -0.4 is 0 Å². The summed E-state index contributed by atoms with van der Waals surface area (Å²) in [6.07, 6.45) is 22.7. The van der Waals surface area contributed by atoms with Gasteiger partial charge in [0.1, 0.15) is 43.2 Å². The molecule has 8 N–H and O–H groups in total. The molecule has 5 unspecified atom stereocenters. The number of carbonyl (C=O) groups is 2. The second-order valence-corrected chi connectivity index (χ2v) is 20.4. The molecule has 0 radical (unpaired) electrons. The Morgan fingerprint density at radius 1 is 0.493 bits per heavy atom. The fourth-order valence-electron chi connectivity index (χ4n) is 7.06. The van der Waals surface area contributed by atoms with Crippen molar-refractivity contribution in [2.45, 2.75) is 211 Å². The van der Waals surface area contributed by atoms with E-state index in [-0.39, 0.29) is 12.8 Å². The molecule has 22 heteroatoms. The highest BCUT2D eigenvalue weighted by Gasteiger charge is 2.56. The molecule has 390 valence electrons. The maximum Gasteiger partial charge on any atom is 0.472 e. The Labute approximate surface area is 397 Å². The largest absolute Gasteiger partial charge is 0.472 e. The van der Waals surface area contributed by atoms with Crippen molar-refractivity contribution in [3.8, 4) is 0 Å². The Balaban J connectivity index is 2.74. The molecule has 1 fully saturated rings. The third-order valence-electron chi connectivity index (χ3n) is 10.6. The maximum absolute atomic E-state index is 13.1. The average molecular weight is 1020 g/mol. The smallest absolute Gasteiger partial charge is 0.462 e. The molecule has 1 aliphatic carbocycles. The molecule has 8 atom stereocenters. The molecule has 1 rings (SSSR count). The van der Waals surface area contributed by atoms with Gasteiger partial charge >= 0.3 is 35.4 Å². The number of esters is 2. The van der Waals surface area contributed by atoms with Crippen LogP contribution in [0.1, 0.15) is 168 Å². The van der Waals surface area contributed by atoms with Gasteiger partial charge in [-0.2, -0.15) is 0 Å². The number of unbranched alkanes of at least 4 members (excludes halogenated alkanes) is 16. The van der Waals surface area contributed by atoms with E-state index in [1.807, 2.05) is 0 Å². The number of ether oxygens (including phenoxy) is 2. The van der Waals surface area contributed by atoms with Crippen molar-refractivity contribution in [1.82, 2.24) is 0 Å². The summed E-state index contributed by atoms with van der Waals surface area (Å²) in [4.78, 5) is 73.2. The summed E-state index contributed by atoms with van der Waals surface area (Å²) < 4.78 is 65.5. The van der Waals surface area contributed by atoms with Crippen molar-refractivity contribution in [3.05, 3.63) is 48.6 Å². The highest BCUT2D eigenvalue weighted by Crippen LogP contribution is 2.51. The van der Waals surface area contributed by atoms with Crippen LogP contribution in [-0.2, 0) is 50.9 Å². The normalized spacial score (nSPS) is 22.0. The number of aliphatic hydroxyl groups excluding tert-OH is 3. The van der Waals surface area contributed by atoms with Crippen LogP contribution in [0.15, 0.2) is 48.6 Å². The van der Waals surface area contributed by atoms with Gasteiger partial charge in [0.2, 0.25) is 0 Å². The van der Waals surface area contributed by atoms with Crippen molar-refractivity contribution in [1.29, 1.82) is 0 Å². The van der Waals surface area contributed by atoms with E-state index >= 15 is 0 Å². The zero-order valence-electron chi connectivity index (χ0n) is 39.5. The van der Waals surface area contributed by atoms with Gasteiger partial charge in [-0.05, 0) is 70.6 Å². The Bertz CT molecular complexity index is 1590. The SMILES string of the molecule is CCC=CCC=CCC=CCCCCCCCC(=O)O[C@H](COC(=O)CCCCCCCCCC=CCCCCCC)COP(=O)(O)O[C@H]1C(O)C(O)C(OP(=O)(O)O)[C@@H](OP(=O)(O)O)C1O. The molecule has 0 heterocycles. The van der Waals surface area contributed by atoms with E-state index in [9.17, 15) is 63.1 Å². The van der Waals surface area contributed by atoms with Crippen molar-refractivity contribution in [2.24, 2.45) is 0 Å². The van der Waals surface area contributed by atoms with Gasteiger partial charge in [-0.25, -0.2) is 13.7 Å². The quantitative estimate of drug-likeness (QED) is 0.0123. The zero-order valence-corrected chi connectivity index (χ0v) is 42.1. The Morgan fingerprint density at radius 2 is 0.910 bits per heavy atom. The lowest BCUT2D eigenvalue weighted by Gasteiger charge is -2.44. The summed E-state index contributed by atoms with van der Waals surface area (Å²) in [5, 5.41) is 31.9. The number of phosphoric acid groups is 3. The first-order valence-electron chi connectivity index (χ1n) is 23.9. The summed E-state index contributed by atoms with van der Waals surface area (Å²) in [6.45, 7) is 2.80. The van der Waals surface area contributed by atoms with Gasteiger partial charge < -0.3 is 49.3 Å². The molecule has 19 nitrogen and oxygen atoms in total. The molecule has 0 aliphatic heterocycles. The maximum atomic E-state index is 13.1. The molecular weight excluding hydrogens is 937 g/mol. The minimum atomic E-state index is -5.60. The number of aliphatic hydroxyl groups is 3. The third-order valence-corrected chi connectivity index (χ3v) is 12.6. The van der Waals surface area contributed by atoms with E-state index in [1.54, 1.807) is 0 Å². The second kappa shape index (κ2) is 37.0. The predicted octanol–water partition coefficient (Wildman–Crippen LogP) is 8.62. The van der Waals surface area contributed by atoms with Crippen LogP contribution in [0, 0.1) is 0 Å². The van der Waals surface area contributed by atoms with E-state index < -0.39 is 91.3 Å². The van der Waals surface area contributed by atoms with E-state index in [1.165, 1.54) is 25.7 Å². The molecular formula is C45H81O19P3. The molecule has 0 aromatic heterocycles. The second-order valence-electron chi connectivity index (χ2n) is 16.7. The summed E-state index contributed by atoms with van der Waals surface area (Å²) in [7, 11) is -16.6. The van der Waals surface area contributed by atoms with E-state index in [0.717, 1.165) is 103 Å². The van der Waals surface area contributed by atoms with Gasteiger partial charge in [-0.15, -0.1) is 0 Å². The highest BCUT2D eigenvalue weighted by atomic mass is 31.2. The monoisotopic (exact) mass is 1020 g/mol. The van der Waals surface area contributed by atoms with Crippen LogP contribution in [0.2, 0.25) is 0 Å². The first-order chi connectivity index (χ1) is 31.8. The lowest BCUT2D eigenvalue weighted by molar-refractivity contribution is -0.213. The number of carbonyl (C=O) groups excluding carboxylic acids is 2. The van der Waals surface area contributed by atoms with Crippen molar-refractivity contribution >= 4 is 35.4 Å². The summed E-state index contributed by atoms with van der Waals surface area (Å²) in [5.41, 5.74) is 0. The molecule has 1 saturated carbocycles. The van der Waals surface area contributed by atoms with Gasteiger partial charge in [-0.3, -0.25) is 27.7 Å². The molecule has 0 aromatic carbocycles. The number of hydrogen-bond acceptors (Lipinski definition) is 14. The van der Waals surface area contributed by atoms with Crippen LogP contribution in [0.25, 0.3) is 0 Å². The highest BCUT2D eigenvalue weighted by molar-refractivity contribution is 7.47. The fourth-order valence-corrected chi connectivity index (χ4v) is 9.16. The van der Waals surface area contributed by atoms with Crippen LogP contribution >= 0.6 is 23.5 Å². The van der Waals surface area contributed by atoms with Gasteiger partial charge in [0.25, 0.3) is 0 Å². The minimum absolute atomic E-state index is 0.0234. The molecule has 67 heavy (non-hydrogen) atoms. The topological polar surface area (TPSA) is 303 Å². The molecule has 0 amide bonds. The van der Waals surface area contributed by atoms with Crippen LogP contribution in [0.3, 0.4) is 0 Å². The molecule has 1 aliphatic rings. The van der Waals surface area contributed by atoms with Crippen molar-refractivity contribution in [3.63, 3.8) is 0 Å². The van der Waals surface area contributed by atoms with Gasteiger partial charge in [0.05, 0.1) is 6.61 Å². The molecule has 0 saturated heterocycles. The lowest BCUT2D eigenvalue weighted by Crippen LogP contribution is -2.65. The molecule has 0 bridgehead atoms. The Kier molecular flexibility index (Phi) is 34.8. The number of phosphoric ester groups is 3. The zero-order chi connectivity index (χ0) is 50.0. The number of rotatable bonds is 40. The van der Waals surface area contributed by atoms with Crippen LogP contribution in [-0.4, -0.2) is 108 Å². The van der Waals surface area contributed by atoms with Gasteiger partial charge in [0.15, 0.2) is 6.10 Å². The van der Waals surface area contributed by atoms with E-state index in [2.05, 4.69) is 71.5 Å². The predicted molar refractivity (Wildman–Crippen MR) is 252 cm³/mol. The van der Waals surface area contributed by atoms with E-state index in [4.69, 9.17) is 18.5 Å². The summed E-state index contributed by atoms with van der Waals surface area (Å²) >= 11 is 0. The summed E-state index contributed by atoms with van der Waals surface area (Å²) in [5.74, 6) is -1.32. The Morgan fingerprint density at radius 3 is 1.42 bits per heavy atom. The van der Waals surface area contributed by atoms with E-state index in [0.29, 0.717) is 12.8 Å². The standard InChI is InChI=1S/C45H81O19P3/c1-3-5-7-9-11-13-15-17-19-21-23-25-27-29-31-33-38(46)59-35-37(61-39(47)34-32-30-28-26-24-22-20-18-16-14-12-10-8-6-4-2)36-60-67(57,58)64-43-40(48)41(49)44(62-65(51,52)53)45(42(43)50)63-66(54,55)56/h6,8,12-15,18,20,37,40-45,48-50H,3-5,7,9-11,16-17,19,21-36H2,1-2H3,(H,57,58)(H2,51,52,53)(H2,54,55,56)/t37-,40?,41?,42?,43+,44?,45+/m1/s1. The Hall–Kier alpha value is -1.89. The van der Waals surface area contributed by atoms with Crippen molar-refractivity contribution < 1.29 is 90.6 Å². The molecule has 0 aromatic rings. The summed E-state index contributed by atoms with van der Waals surface area (Å²) in [6, 6.07) is 0. The first kappa shape index (κ1) is 63.1. The first-order valence-corrected chi connectivity index (χ1v) is 28.5. The minimum Gasteiger partial charge on any atom is -0.462 e. The van der Waals surface area contributed by atoms with Crippen LogP contribution in [0.5, 0.6) is 0 Å². The van der Waals surface area contributed by atoms with Crippen LogP contribution in [0.4, 0.5) is 0 Å². The number of allylic oxidation sites excluding steroid dienone is 8. The van der Waals surface area contributed by atoms with Gasteiger partial charge in [-0.1, -0.05) is 133 Å². The molecule has 0 spiro atoms. The third kappa shape index (κ3) is 33.4. The fraction of sp³-hybridized carbons (Fsp3) is 0.778. The van der Waals surface area contributed by atoms with Gasteiger partial charge in [0, 0.05) is 12.8 Å². The lowest BCUT2D eigenvalue weighted by atomic mass is 9.85.